The number of phosphoric acid groups is 1. The molecule has 8 nitrogen and oxygen atoms in total. The van der Waals surface area contributed by atoms with Gasteiger partial charge in [-0.1, -0.05) is 12.1 Å². The Morgan fingerprint density at radius 1 is 1.12 bits per heavy atom. The zero-order valence-electron chi connectivity index (χ0n) is 20.2. The van der Waals surface area contributed by atoms with Gasteiger partial charge < -0.3 is 18.9 Å². The van der Waals surface area contributed by atoms with E-state index in [0.29, 0.717) is 26.1 Å². The highest BCUT2D eigenvalue weighted by atomic mass is 31.2. The van der Waals surface area contributed by atoms with Gasteiger partial charge in [0.25, 0.3) is 0 Å². The summed E-state index contributed by atoms with van der Waals surface area (Å²) in [6, 6.07) is 7.67. The molecular formula is C23H39O8P. The lowest BCUT2D eigenvalue weighted by atomic mass is 10.2. The van der Waals surface area contributed by atoms with Gasteiger partial charge in [-0.3, -0.25) is 13.6 Å². The number of ether oxygens (including phenoxy) is 4. The monoisotopic (exact) mass is 474 g/mol. The van der Waals surface area contributed by atoms with Crippen LogP contribution < -0.4 is 4.74 Å². The number of hydrogen-bond acceptors (Lipinski definition) is 8. The van der Waals surface area contributed by atoms with E-state index in [0.717, 1.165) is 24.2 Å². The molecule has 1 saturated heterocycles. The number of phosphoric ester groups is 1. The fourth-order valence-corrected chi connectivity index (χ4v) is 4.88. The lowest BCUT2D eigenvalue weighted by molar-refractivity contribution is -0.0614. The molecule has 1 fully saturated rings. The van der Waals surface area contributed by atoms with Gasteiger partial charge in [0.15, 0.2) is 6.29 Å². The maximum atomic E-state index is 13.1. The Morgan fingerprint density at radius 3 is 2.47 bits per heavy atom. The normalized spacial score (nSPS) is 21.9. The highest BCUT2D eigenvalue weighted by Gasteiger charge is 2.34. The summed E-state index contributed by atoms with van der Waals surface area (Å²) in [4.78, 5) is 0. The quantitative estimate of drug-likeness (QED) is 0.252. The van der Waals surface area contributed by atoms with E-state index in [4.69, 9.17) is 32.5 Å². The van der Waals surface area contributed by atoms with E-state index in [1.54, 1.807) is 14.2 Å². The summed E-state index contributed by atoms with van der Waals surface area (Å²) in [6.07, 6.45) is 2.34. The summed E-state index contributed by atoms with van der Waals surface area (Å²) in [7, 11) is -0.425. The third-order valence-electron chi connectivity index (χ3n) is 4.73. The fourth-order valence-electron chi connectivity index (χ4n) is 3.16. The van der Waals surface area contributed by atoms with Crippen LogP contribution in [0.4, 0.5) is 0 Å². The Balaban J connectivity index is 1.73. The molecule has 9 heteroatoms. The second-order valence-corrected chi connectivity index (χ2v) is 10.4. The largest absolute Gasteiger partial charge is 0.497 e. The maximum absolute atomic E-state index is 13.1. The minimum Gasteiger partial charge on any atom is -0.497 e. The topological polar surface area (TPSA) is 81.7 Å². The smallest absolute Gasteiger partial charge is 0.475 e. The molecule has 1 heterocycles. The Kier molecular flexibility index (Phi) is 11.1. The van der Waals surface area contributed by atoms with Gasteiger partial charge >= 0.3 is 7.82 Å². The minimum atomic E-state index is -3.68. The van der Waals surface area contributed by atoms with Crippen molar-refractivity contribution in [3.8, 4) is 5.75 Å². The highest BCUT2D eigenvalue weighted by Crippen LogP contribution is 2.54. The molecule has 1 aliphatic heterocycles. The Hall–Kier alpha value is -0.990. The van der Waals surface area contributed by atoms with Gasteiger partial charge in [-0.05, 0) is 65.5 Å². The molecule has 0 radical (unpaired) electrons. The summed E-state index contributed by atoms with van der Waals surface area (Å²) in [5, 5.41) is 0. The van der Waals surface area contributed by atoms with E-state index < -0.39 is 13.4 Å². The van der Waals surface area contributed by atoms with Crippen LogP contribution in [0.2, 0.25) is 0 Å². The second kappa shape index (κ2) is 13.0. The van der Waals surface area contributed by atoms with Crippen LogP contribution in [0.3, 0.4) is 0 Å². The molecule has 0 spiro atoms. The van der Waals surface area contributed by atoms with Crippen LogP contribution in [0.25, 0.3) is 0 Å². The SMILES string of the molecule is COCCC(C)OP(=O)(OCCCCC1COC(c2ccc(OC)cc2)O1)OC(C)(C)C. The minimum absolute atomic E-state index is 0.0186. The van der Waals surface area contributed by atoms with Crippen LogP contribution in [-0.2, 0) is 32.3 Å². The third kappa shape index (κ3) is 9.87. The first-order valence-electron chi connectivity index (χ1n) is 11.2. The first-order chi connectivity index (χ1) is 15.1. The molecule has 0 amide bonds. The van der Waals surface area contributed by atoms with E-state index in [9.17, 15) is 4.57 Å². The van der Waals surface area contributed by atoms with Crippen LogP contribution in [-0.4, -0.2) is 51.8 Å². The molecule has 1 aromatic carbocycles. The van der Waals surface area contributed by atoms with Crippen molar-refractivity contribution >= 4 is 7.82 Å². The van der Waals surface area contributed by atoms with Gasteiger partial charge in [0.05, 0.1) is 38.1 Å². The number of methoxy groups -OCH3 is 2. The fraction of sp³-hybridized carbons (Fsp3) is 0.739. The molecule has 0 saturated carbocycles. The molecule has 184 valence electrons. The van der Waals surface area contributed by atoms with Crippen LogP contribution >= 0.6 is 7.82 Å². The average molecular weight is 475 g/mol. The Labute approximate surface area is 192 Å². The summed E-state index contributed by atoms with van der Waals surface area (Å²) < 4.78 is 52.1. The zero-order valence-corrected chi connectivity index (χ0v) is 21.1. The molecule has 0 aliphatic carbocycles. The van der Waals surface area contributed by atoms with Crippen molar-refractivity contribution in [1.82, 2.24) is 0 Å². The van der Waals surface area contributed by atoms with Crippen molar-refractivity contribution in [2.24, 2.45) is 0 Å². The predicted octanol–water partition coefficient (Wildman–Crippen LogP) is 5.66. The molecule has 0 aromatic heterocycles. The lowest BCUT2D eigenvalue weighted by Gasteiger charge is -2.28. The summed E-state index contributed by atoms with van der Waals surface area (Å²) in [5.74, 6) is 0.799. The Bertz CT molecular complexity index is 703. The molecule has 0 bridgehead atoms. The van der Waals surface area contributed by atoms with Gasteiger partial charge in [0.2, 0.25) is 0 Å². The maximum Gasteiger partial charge on any atom is 0.475 e. The standard InChI is InChI=1S/C23H39O8P/c1-18(14-16-25-5)30-32(24,31-23(2,3)4)28-15-8-7-9-21-17-27-22(29-21)19-10-12-20(26-6)13-11-19/h10-13,18,21-22H,7-9,14-17H2,1-6H3. The van der Waals surface area contributed by atoms with Crippen molar-refractivity contribution < 1.29 is 37.1 Å². The second-order valence-electron chi connectivity index (χ2n) is 8.87. The van der Waals surface area contributed by atoms with Crippen LogP contribution in [0.5, 0.6) is 5.75 Å². The van der Waals surface area contributed by atoms with E-state index in [-0.39, 0.29) is 25.1 Å². The van der Waals surface area contributed by atoms with Crippen molar-refractivity contribution in [2.75, 3.05) is 34.0 Å². The highest BCUT2D eigenvalue weighted by molar-refractivity contribution is 7.48. The van der Waals surface area contributed by atoms with Gasteiger partial charge in [-0.25, -0.2) is 4.57 Å². The zero-order chi connectivity index (χ0) is 23.6. The van der Waals surface area contributed by atoms with Crippen LogP contribution in [0, 0.1) is 0 Å². The van der Waals surface area contributed by atoms with Crippen molar-refractivity contribution in [2.45, 2.75) is 77.5 Å². The van der Waals surface area contributed by atoms with Gasteiger partial charge in [-0.15, -0.1) is 0 Å². The van der Waals surface area contributed by atoms with Crippen LogP contribution in [0.1, 0.15) is 65.2 Å². The molecule has 1 aliphatic rings. The predicted molar refractivity (Wildman–Crippen MR) is 122 cm³/mol. The van der Waals surface area contributed by atoms with E-state index in [1.807, 2.05) is 52.0 Å². The number of unbranched alkanes of at least 4 members (excludes halogenated alkanes) is 1. The van der Waals surface area contributed by atoms with Gasteiger partial charge in [0, 0.05) is 19.3 Å². The first kappa shape index (κ1) is 27.3. The van der Waals surface area contributed by atoms with Gasteiger partial charge in [0.1, 0.15) is 5.75 Å². The molecule has 32 heavy (non-hydrogen) atoms. The van der Waals surface area contributed by atoms with Crippen molar-refractivity contribution in [3.63, 3.8) is 0 Å². The van der Waals surface area contributed by atoms with Crippen molar-refractivity contribution in [1.29, 1.82) is 0 Å². The van der Waals surface area contributed by atoms with Gasteiger partial charge in [-0.2, -0.15) is 0 Å². The number of hydrogen-bond donors (Lipinski definition) is 0. The summed E-state index contributed by atoms with van der Waals surface area (Å²) in [5.41, 5.74) is 0.318. The average Bonchev–Trinajstić information content (AvgIpc) is 3.19. The third-order valence-corrected chi connectivity index (χ3v) is 6.62. The van der Waals surface area contributed by atoms with Crippen LogP contribution in [0.15, 0.2) is 24.3 Å². The Morgan fingerprint density at radius 2 is 1.84 bits per heavy atom. The number of rotatable bonds is 14. The van der Waals surface area contributed by atoms with E-state index in [2.05, 4.69) is 0 Å². The summed E-state index contributed by atoms with van der Waals surface area (Å²) >= 11 is 0. The molecule has 4 atom stereocenters. The van der Waals surface area contributed by atoms with E-state index >= 15 is 0 Å². The lowest BCUT2D eigenvalue weighted by Crippen LogP contribution is -2.21. The van der Waals surface area contributed by atoms with Crippen molar-refractivity contribution in [3.05, 3.63) is 29.8 Å². The molecule has 1 aromatic rings. The molecular weight excluding hydrogens is 435 g/mol. The summed E-state index contributed by atoms with van der Waals surface area (Å²) in [6.45, 7) is 8.63. The molecule has 4 unspecified atom stereocenters. The molecule has 2 rings (SSSR count). The van der Waals surface area contributed by atoms with E-state index in [1.165, 1.54) is 0 Å². The number of benzene rings is 1. The first-order valence-corrected chi connectivity index (χ1v) is 12.6. The molecule has 0 N–H and O–H groups in total.